The maximum absolute atomic E-state index is 9.64. The fourth-order valence-corrected chi connectivity index (χ4v) is 1.97. The minimum absolute atomic E-state index is 0.0476. The summed E-state index contributed by atoms with van der Waals surface area (Å²) in [5, 5.41) is 9.97. The molecule has 0 radical (unpaired) electrons. The lowest BCUT2D eigenvalue weighted by atomic mass is 10.2. The average molecular weight is 242 g/mol. The van der Waals surface area contributed by atoms with Crippen LogP contribution in [0, 0.1) is 0 Å². The molecule has 0 bridgehead atoms. The maximum atomic E-state index is 9.64. The van der Waals surface area contributed by atoms with Gasteiger partial charge in [-0.15, -0.1) is 0 Å². The van der Waals surface area contributed by atoms with Crippen molar-refractivity contribution in [2.45, 2.75) is 6.54 Å². The first-order valence-electron chi connectivity index (χ1n) is 5.40. The van der Waals surface area contributed by atoms with Crippen LogP contribution in [0.5, 0.6) is 5.88 Å². The number of pyridine rings is 1. The van der Waals surface area contributed by atoms with E-state index in [0.717, 1.165) is 38.3 Å². The molecule has 2 rings (SSSR count). The van der Waals surface area contributed by atoms with E-state index in [-0.39, 0.29) is 5.88 Å². The Kier molecular flexibility index (Phi) is 3.63. The van der Waals surface area contributed by atoms with E-state index in [1.54, 1.807) is 6.07 Å². The van der Waals surface area contributed by atoms with E-state index in [9.17, 15) is 5.11 Å². The molecule has 0 spiro atoms. The van der Waals surface area contributed by atoms with Crippen molar-refractivity contribution in [3.05, 3.63) is 22.8 Å². The van der Waals surface area contributed by atoms with E-state index in [1.165, 1.54) is 0 Å². The molecule has 88 valence electrons. The van der Waals surface area contributed by atoms with E-state index in [0.29, 0.717) is 5.15 Å². The summed E-state index contributed by atoms with van der Waals surface area (Å²) in [6, 6.07) is 3.55. The van der Waals surface area contributed by atoms with Crippen molar-refractivity contribution in [2.75, 3.05) is 33.2 Å². The SMILES string of the molecule is CN1CCN(Cc2ccc(Cl)nc2O)CC1. The van der Waals surface area contributed by atoms with Gasteiger partial charge in [-0.2, -0.15) is 0 Å². The molecule has 2 heterocycles. The molecule has 5 heteroatoms. The number of piperazine rings is 1. The second-order valence-electron chi connectivity index (χ2n) is 4.20. The van der Waals surface area contributed by atoms with Crippen molar-refractivity contribution in [2.24, 2.45) is 0 Å². The van der Waals surface area contributed by atoms with Gasteiger partial charge in [-0.1, -0.05) is 11.6 Å². The third-order valence-corrected chi connectivity index (χ3v) is 3.12. The normalized spacial score (nSPS) is 18.9. The second-order valence-corrected chi connectivity index (χ2v) is 4.58. The third kappa shape index (κ3) is 2.84. The van der Waals surface area contributed by atoms with Gasteiger partial charge in [0.05, 0.1) is 0 Å². The van der Waals surface area contributed by atoms with Crippen LogP contribution in [0.4, 0.5) is 0 Å². The Morgan fingerprint density at radius 3 is 2.62 bits per heavy atom. The van der Waals surface area contributed by atoms with E-state index < -0.39 is 0 Å². The highest BCUT2D eigenvalue weighted by atomic mass is 35.5. The number of aromatic hydroxyl groups is 1. The van der Waals surface area contributed by atoms with Gasteiger partial charge < -0.3 is 10.0 Å². The molecule has 0 aliphatic carbocycles. The van der Waals surface area contributed by atoms with Gasteiger partial charge in [-0.25, -0.2) is 4.98 Å². The molecular formula is C11H16ClN3O. The second kappa shape index (κ2) is 4.99. The highest BCUT2D eigenvalue weighted by Gasteiger charge is 2.15. The molecule has 0 aromatic carbocycles. The number of aromatic nitrogens is 1. The van der Waals surface area contributed by atoms with Crippen LogP contribution < -0.4 is 0 Å². The van der Waals surface area contributed by atoms with Crippen LogP contribution in [-0.4, -0.2) is 53.1 Å². The summed E-state index contributed by atoms with van der Waals surface area (Å²) in [4.78, 5) is 8.45. The summed E-state index contributed by atoms with van der Waals surface area (Å²) in [7, 11) is 2.12. The molecule has 0 unspecified atom stereocenters. The van der Waals surface area contributed by atoms with Crippen LogP contribution in [0.25, 0.3) is 0 Å². The van der Waals surface area contributed by atoms with Crippen molar-refractivity contribution < 1.29 is 5.11 Å². The molecule has 4 nitrogen and oxygen atoms in total. The molecule has 0 atom stereocenters. The van der Waals surface area contributed by atoms with Gasteiger partial charge in [-0.05, 0) is 19.2 Å². The molecule has 1 aromatic heterocycles. The smallest absolute Gasteiger partial charge is 0.216 e. The predicted molar refractivity (Wildman–Crippen MR) is 63.7 cm³/mol. The zero-order valence-electron chi connectivity index (χ0n) is 9.36. The summed E-state index contributed by atoms with van der Waals surface area (Å²) in [6.45, 7) is 4.94. The van der Waals surface area contributed by atoms with Crippen molar-refractivity contribution in [1.82, 2.24) is 14.8 Å². The molecule has 1 fully saturated rings. The molecular weight excluding hydrogens is 226 g/mol. The molecule has 16 heavy (non-hydrogen) atoms. The molecule has 0 saturated carbocycles. The quantitative estimate of drug-likeness (QED) is 0.790. The fourth-order valence-electron chi connectivity index (χ4n) is 1.82. The molecule has 1 saturated heterocycles. The van der Waals surface area contributed by atoms with Gasteiger partial charge in [-0.3, -0.25) is 4.90 Å². The largest absolute Gasteiger partial charge is 0.493 e. The monoisotopic (exact) mass is 241 g/mol. The molecule has 1 aliphatic heterocycles. The molecule has 1 N–H and O–H groups in total. The van der Waals surface area contributed by atoms with Crippen molar-refractivity contribution in [3.63, 3.8) is 0 Å². The molecule has 1 aromatic rings. The van der Waals surface area contributed by atoms with E-state index in [1.807, 2.05) is 6.07 Å². The van der Waals surface area contributed by atoms with Gasteiger partial charge in [0.2, 0.25) is 5.88 Å². The Morgan fingerprint density at radius 2 is 2.00 bits per heavy atom. The fraction of sp³-hybridized carbons (Fsp3) is 0.545. The van der Waals surface area contributed by atoms with Crippen LogP contribution >= 0.6 is 11.6 Å². The number of likely N-dealkylation sites (N-methyl/N-ethyl adjacent to an activating group) is 1. The lowest BCUT2D eigenvalue weighted by Crippen LogP contribution is -2.43. The Balaban J connectivity index is 1.98. The Hall–Kier alpha value is -0.840. The molecule has 1 aliphatic rings. The first-order valence-corrected chi connectivity index (χ1v) is 5.78. The van der Waals surface area contributed by atoms with E-state index in [2.05, 4.69) is 21.8 Å². The van der Waals surface area contributed by atoms with Gasteiger partial charge in [0.15, 0.2) is 0 Å². The van der Waals surface area contributed by atoms with Crippen molar-refractivity contribution in [3.8, 4) is 5.88 Å². The number of hydrogen-bond acceptors (Lipinski definition) is 4. The van der Waals surface area contributed by atoms with Crippen LogP contribution in [0.2, 0.25) is 5.15 Å². The highest BCUT2D eigenvalue weighted by molar-refractivity contribution is 6.29. The topological polar surface area (TPSA) is 39.6 Å². The summed E-state index contributed by atoms with van der Waals surface area (Å²) >= 11 is 5.69. The van der Waals surface area contributed by atoms with E-state index in [4.69, 9.17) is 11.6 Å². The summed E-state index contributed by atoms with van der Waals surface area (Å²) in [5.41, 5.74) is 0.842. The summed E-state index contributed by atoms with van der Waals surface area (Å²) in [6.07, 6.45) is 0. The van der Waals surface area contributed by atoms with Gasteiger partial charge in [0.1, 0.15) is 5.15 Å². The summed E-state index contributed by atoms with van der Waals surface area (Å²) in [5.74, 6) is 0.0476. The Labute approximate surface area is 100 Å². The van der Waals surface area contributed by atoms with Gasteiger partial charge in [0, 0.05) is 38.3 Å². The number of nitrogens with zero attached hydrogens (tertiary/aromatic N) is 3. The highest BCUT2D eigenvalue weighted by Crippen LogP contribution is 2.19. The number of hydrogen-bond donors (Lipinski definition) is 1. The van der Waals surface area contributed by atoms with Gasteiger partial charge >= 0.3 is 0 Å². The van der Waals surface area contributed by atoms with Crippen LogP contribution in [0.1, 0.15) is 5.56 Å². The Bertz CT molecular complexity index is 364. The van der Waals surface area contributed by atoms with Crippen molar-refractivity contribution in [1.29, 1.82) is 0 Å². The minimum atomic E-state index is 0.0476. The first kappa shape index (κ1) is 11.6. The van der Waals surface area contributed by atoms with Crippen LogP contribution in [0.15, 0.2) is 12.1 Å². The van der Waals surface area contributed by atoms with Crippen LogP contribution in [0.3, 0.4) is 0 Å². The zero-order valence-corrected chi connectivity index (χ0v) is 10.1. The average Bonchev–Trinajstić information content (AvgIpc) is 2.25. The van der Waals surface area contributed by atoms with Gasteiger partial charge in [0.25, 0.3) is 0 Å². The zero-order chi connectivity index (χ0) is 11.5. The molecule has 0 amide bonds. The van der Waals surface area contributed by atoms with Crippen molar-refractivity contribution >= 4 is 11.6 Å². The minimum Gasteiger partial charge on any atom is -0.493 e. The third-order valence-electron chi connectivity index (χ3n) is 2.91. The number of rotatable bonds is 2. The predicted octanol–water partition coefficient (Wildman–Crippen LogP) is 1.19. The maximum Gasteiger partial charge on any atom is 0.216 e. The van der Waals surface area contributed by atoms with Crippen LogP contribution in [-0.2, 0) is 6.54 Å². The standard InChI is InChI=1S/C11H16ClN3O/c1-14-4-6-15(7-5-14)8-9-2-3-10(12)13-11(9)16/h2-3H,4-8H2,1H3,(H,13,16). The summed E-state index contributed by atoms with van der Waals surface area (Å²) < 4.78 is 0. The van der Waals surface area contributed by atoms with E-state index >= 15 is 0 Å². The lowest BCUT2D eigenvalue weighted by Gasteiger charge is -2.32. The number of halogens is 1. The lowest BCUT2D eigenvalue weighted by molar-refractivity contribution is 0.147. The first-order chi connectivity index (χ1) is 7.65. The Morgan fingerprint density at radius 1 is 1.31 bits per heavy atom.